The maximum atomic E-state index is 14.5. The lowest BCUT2D eigenvalue weighted by Gasteiger charge is -2.28. The van der Waals surface area contributed by atoms with Crippen molar-refractivity contribution in [3.05, 3.63) is 72.3 Å². The topological polar surface area (TPSA) is 47.9 Å². The van der Waals surface area contributed by atoms with Crippen LogP contribution in [-0.4, -0.2) is 24.4 Å². The van der Waals surface area contributed by atoms with E-state index in [0.717, 1.165) is 61.3 Å². The fourth-order valence-corrected chi connectivity index (χ4v) is 4.76. The standard InChI is InChI=1S/C30H32F4O4/c1-2-3-20-4-6-21(7-5-20)18-36-26-16-17-27(29(32)28(26)31)38-30(33,34)19-37-25-14-10-23(11-15-25)22-8-12-24(35)13-9-22/h8-17,20-21,35H,2-7,18-19H2,1H3. The Labute approximate surface area is 220 Å². The predicted octanol–water partition coefficient (Wildman–Crippen LogP) is 8.37. The Bertz CT molecular complexity index is 1170. The number of aromatic hydroxyl groups is 1. The highest BCUT2D eigenvalue weighted by molar-refractivity contribution is 5.64. The van der Waals surface area contributed by atoms with Gasteiger partial charge in [-0.3, -0.25) is 0 Å². The molecule has 3 aromatic rings. The molecule has 0 aliphatic heterocycles. The summed E-state index contributed by atoms with van der Waals surface area (Å²) in [7, 11) is 0. The molecule has 1 saturated carbocycles. The number of hydrogen-bond acceptors (Lipinski definition) is 4. The van der Waals surface area contributed by atoms with Crippen molar-refractivity contribution in [2.75, 3.05) is 13.2 Å². The van der Waals surface area contributed by atoms with E-state index in [9.17, 15) is 22.7 Å². The minimum absolute atomic E-state index is 0.134. The highest BCUT2D eigenvalue weighted by Crippen LogP contribution is 2.34. The van der Waals surface area contributed by atoms with E-state index < -0.39 is 30.1 Å². The molecule has 0 spiro atoms. The number of halogens is 4. The van der Waals surface area contributed by atoms with E-state index in [1.165, 1.54) is 30.7 Å². The van der Waals surface area contributed by atoms with E-state index in [-0.39, 0.29) is 29.8 Å². The van der Waals surface area contributed by atoms with Crippen molar-refractivity contribution >= 4 is 0 Å². The molecule has 0 atom stereocenters. The largest absolute Gasteiger partial charge is 0.508 e. The Balaban J connectivity index is 1.29. The van der Waals surface area contributed by atoms with Crippen LogP contribution in [0, 0.1) is 23.5 Å². The lowest BCUT2D eigenvalue weighted by atomic mass is 9.80. The minimum Gasteiger partial charge on any atom is -0.508 e. The molecule has 1 aliphatic rings. The molecule has 1 fully saturated rings. The van der Waals surface area contributed by atoms with Crippen LogP contribution in [0.2, 0.25) is 0 Å². The third kappa shape index (κ3) is 7.33. The quantitative estimate of drug-likeness (QED) is 0.252. The van der Waals surface area contributed by atoms with Crippen LogP contribution in [0.15, 0.2) is 60.7 Å². The number of benzene rings is 3. The van der Waals surface area contributed by atoms with Crippen molar-refractivity contribution in [1.29, 1.82) is 0 Å². The van der Waals surface area contributed by atoms with E-state index in [1.54, 1.807) is 24.3 Å². The van der Waals surface area contributed by atoms with E-state index in [4.69, 9.17) is 9.47 Å². The van der Waals surface area contributed by atoms with Gasteiger partial charge in [-0.25, -0.2) is 0 Å². The zero-order chi connectivity index (χ0) is 27.1. The molecule has 38 heavy (non-hydrogen) atoms. The van der Waals surface area contributed by atoms with Gasteiger partial charge in [0.25, 0.3) is 0 Å². The first-order valence-corrected chi connectivity index (χ1v) is 12.9. The van der Waals surface area contributed by atoms with Gasteiger partial charge in [0.2, 0.25) is 11.6 Å². The average Bonchev–Trinajstić information content (AvgIpc) is 2.91. The molecule has 204 valence electrons. The van der Waals surface area contributed by atoms with Crippen LogP contribution in [0.25, 0.3) is 11.1 Å². The first-order chi connectivity index (χ1) is 18.2. The van der Waals surface area contributed by atoms with Gasteiger partial charge < -0.3 is 19.3 Å². The number of alkyl halides is 2. The monoisotopic (exact) mass is 532 g/mol. The summed E-state index contributed by atoms with van der Waals surface area (Å²) in [4.78, 5) is 0. The van der Waals surface area contributed by atoms with Gasteiger partial charge in [0.1, 0.15) is 11.5 Å². The van der Waals surface area contributed by atoms with Crippen molar-refractivity contribution < 1.29 is 36.9 Å². The molecule has 0 saturated heterocycles. The predicted molar refractivity (Wildman–Crippen MR) is 137 cm³/mol. The van der Waals surface area contributed by atoms with E-state index in [1.807, 2.05) is 0 Å². The summed E-state index contributed by atoms with van der Waals surface area (Å²) in [5.41, 5.74) is 1.62. The first-order valence-electron chi connectivity index (χ1n) is 12.9. The molecule has 0 aromatic heterocycles. The third-order valence-corrected chi connectivity index (χ3v) is 6.87. The van der Waals surface area contributed by atoms with Gasteiger partial charge in [0, 0.05) is 0 Å². The molecule has 4 rings (SSSR count). The highest BCUT2D eigenvalue weighted by atomic mass is 19.3. The second-order valence-electron chi connectivity index (χ2n) is 9.78. The fraction of sp³-hybridized carbons (Fsp3) is 0.400. The molecule has 8 heteroatoms. The second-order valence-corrected chi connectivity index (χ2v) is 9.78. The maximum absolute atomic E-state index is 14.5. The highest BCUT2D eigenvalue weighted by Gasteiger charge is 2.35. The van der Waals surface area contributed by atoms with Gasteiger partial charge in [-0.1, -0.05) is 56.9 Å². The van der Waals surface area contributed by atoms with Crippen LogP contribution in [0.1, 0.15) is 45.4 Å². The zero-order valence-electron chi connectivity index (χ0n) is 21.3. The summed E-state index contributed by atoms with van der Waals surface area (Å²) in [6.45, 7) is 1.22. The van der Waals surface area contributed by atoms with E-state index >= 15 is 0 Å². The summed E-state index contributed by atoms with van der Waals surface area (Å²) < 4.78 is 72.9. The molecule has 0 heterocycles. The van der Waals surface area contributed by atoms with Crippen LogP contribution in [0.3, 0.4) is 0 Å². The number of phenols is 1. The number of ether oxygens (including phenoxy) is 3. The van der Waals surface area contributed by atoms with Crippen LogP contribution >= 0.6 is 0 Å². The third-order valence-electron chi connectivity index (χ3n) is 6.87. The van der Waals surface area contributed by atoms with Gasteiger partial charge >= 0.3 is 6.11 Å². The van der Waals surface area contributed by atoms with Crippen molar-refractivity contribution in [2.45, 2.75) is 51.6 Å². The normalized spacial score (nSPS) is 17.7. The molecule has 1 N–H and O–H groups in total. The van der Waals surface area contributed by atoms with Gasteiger partial charge in [0.15, 0.2) is 18.1 Å². The van der Waals surface area contributed by atoms with E-state index in [2.05, 4.69) is 11.7 Å². The molecule has 0 amide bonds. The molecular formula is C30H32F4O4. The number of rotatable bonds is 11. The number of phenolic OH excluding ortho intramolecular Hbond substituents is 1. The lowest BCUT2D eigenvalue weighted by Crippen LogP contribution is -2.33. The summed E-state index contributed by atoms with van der Waals surface area (Å²) in [5.74, 6) is -2.87. The molecule has 1 aliphatic carbocycles. The SMILES string of the molecule is CCCC1CCC(COc2ccc(OC(F)(F)COc3ccc(-c4ccc(O)cc4)cc3)c(F)c2F)CC1. The number of hydrogen-bond donors (Lipinski definition) is 1. The molecular weight excluding hydrogens is 500 g/mol. The first kappa shape index (κ1) is 27.6. The molecule has 0 bridgehead atoms. The summed E-state index contributed by atoms with van der Waals surface area (Å²) in [6.07, 6.45) is 2.60. The molecule has 3 aromatic carbocycles. The maximum Gasteiger partial charge on any atom is 0.433 e. The molecule has 4 nitrogen and oxygen atoms in total. The van der Waals surface area contributed by atoms with Gasteiger partial charge in [-0.15, -0.1) is 0 Å². The molecule has 0 unspecified atom stereocenters. The Hall–Kier alpha value is -3.42. The van der Waals surface area contributed by atoms with Crippen LogP contribution < -0.4 is 14.2 Å². The van der Waals surface area contributed by atoms with Gasteiger partial charge in [-0.05, 0) is 72.2 Å². The fourth-order valence-electron chi connectivity index (χ4n) is 4.76. The summed E-state index contributed by atoms with van der Waals surface area (Å²) >= 11 is 0. The Morgan fingerprint density at radius 2 is 1.32 bits per heavy atom. The van der Waals surface area contributed by atoms with Crippen LogP contribution in [-0.2, 0) is 0 Å². The summed E-state index contributed by atoms with van der Waals surface area (Å²) in [5, 5.41) is 9.39. The van der Waals surface area contributed by atoms with Crippen LogP contribution in [0.4, 0.5) is 17.6 Å². The summed E-state index contributed by atoms with van der Waals surface area (Å²) in [6, 6.07) is 14.9. The Kier molecular flexibility index (Phi) is 9.02. The van der Waals surface area contributed by atoms with Crippen molar-refractivity contribution in [3.8, 4) is 34.1 Å². The van der Waals surface area contributed by atoms with Gasteiger partial charge in [-0.2, -0.15) is 17.6 Å². The smallest absolute Gasteiger partial charge is 0.433 e. The van der Waals surface area contributed by atoms with E-state index in [0.29, 0.717) is 0 Å². The van der Waals surface area contributed by atoms with Crippen molar-refractivity contribution in [1.82, 2.24) is 0 Å². The Morgan fingerprint density at radius 3 is 1.95 bits per heavy atom. The average molecular weight is 533 g/mol. The Morgan fingerprint density at radius 1 is 0.763 bits per heavy atom. The second kappa shape index (κ2) is 12.4. The van der Waals surface area contributed by atoms with Crippen molar-refractivity contribution in [2.24, 2.45) is 11.8 Å². The van der Waals surface area contributed by atoms with Gasteiger partial charge in [0.05, 0.1) is 6.61 Å². The minimum atomic E-state index is -3.91. The van der Waals surface area contributed by atoms with Crippen molar-refractivity contribution in [3.63, 3.8) is 0 Å². The van der Waals surface area contributed by atoms with Crippen LogP contribution in [0.5, 0.6) is 23.0 Å². The lowest BCUT2D eigenvalue weighted by molar-refractivity contribution is -0.196. The zero-order valence-corrected chi connectivity index (χ0v) is 21.3. The molecule has 0 radical (unpaired) electrons.